The molecule has 0 N–H and O–H groups in total. The van der Waals surface area contributed by atoms with Crippen molar-refractivity contribution >= 4 is 17.8 Å². The maximum Gasteiger partial charge on any atom is 0.231 e. The Morgan fingerprint density at radius 1 is 1.05 bits per heavy atom. The molecule has 0 bridgehead atoms. The molecular formula is C15H12ClNO2. The minimum absolute atomic E-state index is 0.298. The summed E-state index contributed by atoms with van der Waals surface area (Å²) in [6, 6.07) is 13.4. The van der Waals surface area contributed by atoms with Crippen LogP contribution in [0.4, 0.5) is 0 Å². The molecule has 0 spiro atoms. The Hall–Kier alpha value is -2.00. The van der Waals surface area contributed by atoms with Crippen molar-refractivity contribution < 1.29 is 9.47 Å². The maximum absolute atomic E-state index is 5.83. The predicted molar refractivity (Wildman–Crippen MR) is 75.3 cm³/mol. The lowest BCUT2D eigenvalue weighted by atomic mass is 10.2. The van der Waals surface area contributed by atoms with E-state index in [2.05, 4.69) is 4.99 Å². The highest BCUT2D eigenvalue weighted by Gasteiger charge is 2.12. The summed E-state index contributed by atoms with van der Waals surface area (Å²) in [5.74, 6) is 1.59. The Morgan fingerprint density at radius 3 is 2.68 bits per heavy atom. The second-order valence-corrected chi connectivity index (χ2v) is 4.65. The van der Waals surface area contributed by atoms with Gasteiger partial charge >= 0.3 is 0 Å². The lowest BCUT2D eigenvalue weighted by Crippen LogP contribution is -1.92. The first-order chi connectivity index (χ1) is 9.31. The van der Waals surface area contributed by atoms with Gasteiger partial charge in [-0.05, 0) is 35.4 Å². The van der Waals surface area contributed by atoms with Gasteiger partial charge in [0.05, 0.1) is 6.54 Å². The molecule has 96 valence electrons. The highest BCUT2D eigenvalue weighted by molar-refractivity contribution is 6.30. The van der Waals surface area contributed by atoms with E-state index in [0.717, 1.165) is 27.6 Å². The molecule has 19 heavy (non-hydrogen) atoms. The first-order valence-corrected chi connectivity index (χ1v) is 6.33. The summed E-state index contributed by atoms with van der Waals surface area (Å²) in [5, 5.41) is 0.730. The summed E-state index contributed by atoms with van der Waals surface area (Å²) in [4.78, 5) is 4.40. The van der Waals surface area contributed by atoms with Crippen LogP contribution in [0.5, 0.6) is 11.5 Å². The van der Waals surface area contributed by atoms with Crippen molar-refractivity contribution in [2.75, 3.05) is 6.79 Å². The summed E-state index contributed by atoms with van der Waals surface area (Å²) in [7, 11) is 0. The van der Waals surface area contributed by atoms with Crippen molar-refractivity contribution in [3.63, 3.8) is 0 Å². The SMILES string of the molecule is Clc1ccc(C=NCc2ccc3c(c2)OCO3)cc1. The molecule has 0 saturated carbocycles. The molecule has 3 rings (SSSR count). The minimum atomic E-state index is 0.298. The van der Waals surface area contributed by atoms with Gasteiger partial charge in [-0.2, -0.15) is 0 Å². The third kappa shape index (κ3) is 2.88. The van der Waals surface area contributed by atoms with Crippen molar-refractivity contribution in [2.24, 2.45) is 4.99 Å². The monoisotopic (exact) mass is 273 g/mol. The van der Waals surface area contributed by atoms with Gasteiger partial charge in [-0.3, -0.25) is 4.99 Å². The summed E-state index contributed by atoms with van der Waals surface area (Å²) in [5.41, 5.74) is 2.12. The number of hydrogen-bond acceptors (Lipinski definition) is 3. The van der Waals surface area contributed by atoms with Crippen LogP contribution in [0.1, 0.15) is 11.1 Å². The number of ether oxygens (including phenoxy) is 2. The molecule has 0 aromatic heterocycles. The smallest absolute Gasteiger partial charge is 0.231 e. The number of fused-ring (bicyclic) bond motifs is 1. The van der Waals surface area contributed by atoms with Crippen molar-refractivity contribution in [1.82, 2.24) is 0 Å². The van der Waals surface area contributed by atoms with Gasteiger partial charge in [0.1, 0.15) is 0 Å². The van der Waals surface area contributed by atoms with Crippen molar-refractivity contribution in [3.05, 3.63) is 58.6 Å². The summed E-state index contributed by atoms with van der Waals surface area (Å²) >= 11 is 5.83. The maximum atomic E-state index is 5.83. The topological polar surface area (TPSA) is 30.8 Å². The van der Waals surface area contributed by atoms with Gasteiger partial charge in [0.15, 0.2) is 11.5 Å². The van der Waals surface area contributed by atoms with E-state index >= 15 is 0 Å². The molecule has 0 amide bonds. The van der Waals surface area contributed by atoms with Crippen molar-refractivity contribution in [2.45, 2.75) is 6.54 Å². The standard InChI is InChI=1S/C15H12ClNO2/c16-13-4-1-11(2-5-13)8-17-9-12-3-6-14-15(7-12)19-10-18-14/h1-8H,9-10H2. The van der Waals surface area contributed by atoms with Crippen LogP contribution in [0.3, 0.4) is 0 Å². The molecule has 1 aliphatic rings. The normalized spacial score (nSPS) is 13.1. The lowest BCUT2D eigenvalue weighted by Gasteiger charge is -1.99. The Balaban J connectivity index is 1.67. The average Bonchev–Trinajstić information content (AvgIpc) is 2.88. The molecule has 1 aliphatic heterocycles. The molecule has 0 aliphatic carbocycles. The fourth-order valence-corrected chi connectivity index (χ4v) is 1.97. The van der Waals surface area contributed by atoms with Crippen LogP contribution in [0, 0.1) is 0 Å². The van der Waals surface area contributed by atoms with E-state index in [0.29, 0.717) is 13.3 Å². The summed E-state index contributed by atoms with van der Waals surface area (Å²) in [6.45, 7) is 0.909. The van der Waals surface area contributed by atoms with E-state index in [-0.39, 0.29) is 0 Å². The van der Waals surface area contributed by atoms with E-state index in [1.807, 2.05) is 48.7 Å². The predicted octanol–water partition coefficient (Wildman–Crippen LogP) is 3.69. The molecule has 3 nitrogen and oxygen atoms in total. The van der Waals surface area contributed by atoms with Crippen LogP contribution in [-0.2, 0) is 6.54 Å². The number of nitrogens with zero attached hydrogens (tertiary/aromatic N) is 1. The van der Waals surface area contributed by atoms with Crippen LogP contribution in [0.15, 0.2) is 47.5 Å². The van der Waals surface area contributed by atoms with Crippen LogP contribution in [-0.4, -0.2) is 13.0 Å². The molecule has 0 radical (unpaired) electrons. The van der Waals surface area contributed by atoms with Gasteiger partial charge in [0.2, 0.25) is 6.79 Å². The Morgan fingerprint density at radius 2 is 1.84 bits per heavy atom. The van der Waals surface area contributed by atoms with Gasteiger partial charge in [0, 0.05) is 11.2 Å². The van der Waals surface area contributed by atoms with E-state index in [1.165, 1.54) is 0 Å². The third-order valence-corrected chi connectivity index (χ3v) is 3.07. The number of benzene rings is 2. The third-order valence-electron chi connectivity index (χ3n) is 2.82. The van der Waals surface area contributed by atoms with Crippen molar-refractivity contribution in [1.29, 1.82) is 0 Å². The van der Waals surface area contributed by atoms with Crippen molar-refractivity contribution in [3.8, 4) is 11.5 Å². The fourth-order valence-electron chi connectivity index (χ4n) is 1.84. The first-order valence-electron chi connectivity index (χ1n) is 5.95. The number of rotatable bonds is 3. The van der Waals surface area contributed by atoms with Gasteiger partial charge in [-0.25, -0.2) is 0 Å². The molecule has 2 aromatic carbocycles. The molecule has 1 heterocycles. The zero-order valence-corrected chi connectivity index (χ0v) is 10.9. The van der Waals surface area contributed by atoms with Gasteiger partial charge in [-0.1, -0.05) is 29.8 Å². The molecule has 4 heteroatoms. The highest BCUT2D eigenvalue weighted by atomic mass is 35.5. The molecule has 0 fully saturated rings. The van der Waals surface area contributed by atoms with E-state index in [1.54, 1.807) is 0 Å². The summed E-state index contributed by atoms with van der Waals surface area (Å²) < 4.78 is 10.6. The first kappa shape index (κ1) is 12.1. The molecular weight excluding hydrogens is 262 g/mol. The zero-order valence-electron chi connectivity index (χ0n) is 10.2. The molecule has 0 unspecified atom stereocenters. The fraction of sp³-hybridized carbons (Fsp3) is 0.133. The quantitative estimate of drug-likeness (QED) is 0.799. The van der Waals surface area contributed by atoms with Crippen LogP contribution in [0.25, 0.3) is 0 Å². The second-order valence-electron chi connectivity index (χ2n) is 4.21. The largest absolute Gasteiger partial charge is 0.454 e. The Bertz CT molecular complexity index is 608. The second kappa shape index (κ2) is 5.33. The minimum Gasteiger partial charge on any atom is -0.454 e. The Labute approximate surface area is 116 Å². The van der Waals surface area contributed by atoms with Gasteiger partial charge in [0.25, 0.3) is 0 Å². The summed E-state index contributed by atoms with van der Waals surface area (Å²) in [6.07, 6.45) is 1.83. The van der Waals surface area contributed by atoms with Gasteiger partial charge < -0.3 is 9.47 Å². The average molecular weight is 274 g/mol. The molecule has 0 atom stereocenters. The van der Waals surface area contributed by atoms with E-state index < -0.39 is 0 Å². The molecule has 0 saturated heterocycles. The van der Waals surface area contributed by atoms with Gasteiger partial charge in [-0.15, -0.1) is 0 Å². The molecule has 2 aromatic rings. The van der Waals surface area contributed by atoms with Crippen LogP contribution < -0.4 is 9.47 Å². The highest BCUT2D eigenvalue weighted by Crippen LogP contribution is 2.32. The Kier molecular flexibility index (Phi) is 3.38. The number of halogens is 1. The van der Waals surface area contributed by atoms with E-state index in [4.69, 9.17) is 21.1 Å². The zero-order chi connectivity index (χ0) is 13.1. The van der Waals surface area contributed by atoms with E-state index in [9.17, 15) is 0 Å². The lowest BCUT2D eigenvalue weighted by molar-refractivity contribution is 0.174. The van der Waals surface area contributed by atoms with Crippen LogP contribution in [0.2, 0.25) is 5.02 Å². The number of aliphatic imine (C=N–C) groups is 1. The number of hydrogen-bond donors (Lipinski definition) is 0. The van der Waals surface area contributed by atoms with Crippen LogP contribution >= 0.6 is 11.6 Å².